The van der Waals surface area contributed by atoms with Crippen molar-refractivity contribution in [2.75, 3.05) is 0 Å². The van der Waals surface area contributed by atoms with Gasteiger partial charge >= 0.3 is 6.18 Å². The third-order valence-electron chi connectivity index (χ3n) is 4.70. The average Bonchev–Trinajstić information content (AvgIpc) is 2.72. The summed E-state index contributed by atoms with van der Waals surface area (Å²) in [5.74, 6) is 0.365. The van der Waals surface area contributed by atoms with Crippen molar-refractivity contribution in [2.45, 2.75) is 25.8 Å². The Labute approximate surface area is 169 Å². The van der Waals surface area contributed by atoms with Crippen LogP contribution in [0.5, 0.6) is 11.5 Å². The maximum atomic E-state index is 13.0. The number of hydrogen-bond acceptors (Lipinski definition) is 5. The van der Waals surface area contributed by atoms with Crippen molar-refractivity contribution in [1.29, 1.82) is 0 Å². The highest BCUT2D eigenvalue weighted by molar-refractivity contribution is 5.81. The molecule has 1 atom stereocenters. The lowest BCUT2D eigenvalue weighted by Gasteiger charge is -2.22. The van der Waals surface area contributed by atoms with E-state index >= 15 is 0 Å². The van der Waals surface area contributed by atoms with Crippen molar-refractivity contribution < 1.29 is 27.4 Å². The zero-order valence-electron chi connectivity index (χ0n) is 15.7. The highest BCUT2D eigenvalue weighted by Gasteiger charge is 2.33. The van der Waals surface area contributed by atoms with Crippen LogP contribution < -0.4 is 15.2 Å². The molecular weight excluding hydrogens is 399 g/mol. The number of aromatic nitrogens is 2. The van der Waals surface area contributed by atoms with Gasteiger partial charge in [-0.2, -0.15) is 13.2 Å². The fourth-order valence-corrected chi connectivity index (χ4v) is 3.12. The van der Waals surface area contributed by atoms with Crippen LogP contribution in [-0.2, 0) is 17.6 Å². The van der Waals surface area contributed by atoms with E-state index in [-0.39, 0.29) is 12.3 Å². The number of rotatable bonds is 4. The van der Waals surface area contributed by atoms with E-state index in [0.29, 0.717) is 17.1 Å². The van der Waals surface area contributed by atoms with Crippen molar-refractivity contribution in [2.24, 2.45) is 5.73 Å². The van der Waals surface area contributed by atoms with E-state index in [1.807, 2.05) is 0 Å². The lowest BCUT2D eigenvalue weighted by atomic mass is 9.94. The van der Waals surface area contributed by atoms with Gasteiger partial charge < -0.3 is 15.2 Å². The first-order valence-electron chi connectivity index (χ1n) is 8.98. The number of carbonyl (C=O) groups is 1. The molecule has 30 heavy (non-hydrogen) atoms. The van der Waals surface area contributed by atoms with Crippen LogP contribution >= 0.6 is 0 Å². The zero-order chi connectivity index (χ0) is 21.5. The number of hydrogen-bond donors (Lipinski definition) is 1. The van der Waals surface area contributed by atoms with Crippen LogP contribution in [0.3, 0.4) is 0 Å². The Balaban J connectivity index is 1.71. The molecule has 3 aromatic rings. The molecule has 1 aromatic heterocycles. The smallest absolute Gasteiger partial charge is 0.433 e. The van der Waals surface area contributed by atoms with Crippen molar-refractivity contribution in [3.8, 4) is 33.9 Å². The number of primary amides is 1. The molecule has 0 radical (unpaired) electrons. The van der Waals surface area contributed by atoms with Crippen LogP contribution in [0.2, 0.25) is 0 Å². The summed E-state index contributed by atoms with van der Waals surface area (Å²) in [4.78, 5) is 18.5. The molecule has 1 aliphatic rings. The van der Waals surface area contributed by atoms with Gasteiger partial charge in [-0.1, -0.05) is 12.1 Å². The molecule has 0 unspecified atom stereocenters. The molecule has 6 nitrogen and oxygen atoms in total. The summed E-state index contributed by atoms with van der Waals surface area (Å²) in [6.45, 7) is 1.83. The standard InChI is InChI=1S/C21H16F3N3O3/c1-11(20(25)28)30-14-4-5-15-16-6-12(2-3-13(16)9-29-18(15)7-14)17-8-19(21(22,23)24)27-10-26-17/h2-8,10-11H,9H2,1H3,(H2,25,28)/t11-/m0/s1. The fourth-order valence-electron chi connectivity index (χ4n) is 3.12. The van der Waals surface area contributed by atoms with Gasteiger partial charge in [-0.05, 0) is 42.3 Å². The molecule has 2 aromatic carbocycles. The van der Waals surface area contributed by atoms with Gasteiger partial charge in [0.25, 0.3) is 5.91 Å². The Hall–Kier alpha value is -3.62. The SMILES string of the molecule is C[C@H](Oc1ccc2c(c1)OCc1ccc(-c3cc(C(F)(F)F)ncn3)cc1-2)C(N)=O. The molecule has 2 N–H and O–H groups in total. The number of ether oxygens (including phenoxy) is 2. The second kappa shape index (κ2) is 7.33. The number of nitrogens with zero attached hydrogens (tertiary/aromatic N) is 2. The Kier molecular flexibility index (Phi) is 4.81. The Bertz CT molecular complexity index is 1130. The third kappa shape index (κ3) is 3.78. The summed E-state index contributed by atoms with van der Waals surface area (Å²) < 4.78 is 50.2. The summed E-state index contributed by atoms with van der Waals surface area (Å²) in [6, 6.07) is 11.3. The first-order chi connectivity index (χ1) is 14.2. The van der Waals surface area contributed by atoms with Gasteiger partial charge in [-0.25, -0.2) is 9.97 Å². The number of carbonyl (C=O) groups excluding carboxylic acids is 1. The highest BCUT2D eigenvalue weighted by Crippen LogP contribution is 2.41. The molecule has 154 valence electrons. The molecule has 0 aliphatic carbocycles. The van der Waals surface area contributed by atoms with Crippen LogP contribution in [0.4, 0.5) is 13.2 Å². The molecule has 1 amide bonds. The molecule has 2 heterocycles. The molecule has 1 aliphatic heterocycles. The van der Waals surface area contributed by atoms with E-state index in [4.69, 9.17) is 15.2 Å². The summed E-state index contributed by atoms with van der Waals surface area (Å²) >= 11 is 0. The molecule has 0 bridgehead atoms. The van der Waals surface area contributed by atoms with Crippen molar-refractivity contribution in [3.05, 3.63) is 60.0 Å². The third-order valence-corrected chi connectivity index (χ3v) is 4.70. The molecule has 4 rings (SSSR count). The highest BCUT2D eigenvalue weighted by atomic mass is 19.4. The van der Waals surface area contributed by atoms with Gasteiger partial charge in [0.1, 0.15) is 30.1 Å². The predicted octanol–water partition coefficient (Wildman–Crippen LogP) is 3.97. The van der Waals surface area contributed by atoms with Crippen LogP contribution in [0, 0.1) is 0 Å². The maximum absolute atomic E-state index is 13.0. The molecule has 9 heteroatoms. The van der Waals surface area contributed by atoms with Crippen LogP contribution in [0.15, 0.2) is 48.8 Å². The van der Waals surface area contributed by atoms with Gasteiger partial charge in [0.15, 0.2) is 6.10 Å². The van der Waals surface area contributed by atoms with E-state index in [9.17, 15) is 18.0 Å². The second-order valence-corrected chi connectivity index (χ2v) is 6.77. The summed E-state index contributed by atoms with van der Waals surface area (Å²) in [5, 5.41) is 0. The van der Waals surface area contributed by atoms with Gasteiger partial charge in [-0.15, -0.1) is 0 Å². The molecule has 0 fully saturated rings. The van der Waals surface area contributed by atoms with Gasteiger partial charge in [0.2, 0.25) is 0 Å². The maximum Gasteiger partial charge on any atom is 0.433 e. The number of halogens is 3. The minimum atomic E-state index is -4.55. The molecule has 0 saturated carbocycles. The van der Waals surface area contributed by atoms with E-state index in [1.54, 1.807) is 43.3 Å². The van der Waals surface area contributed by atoms with Crippen LogP contribution in [0.1, 0.15) is 18.2 Å². The molecule has 0 spiro atoms. The number of alkyl halides is 3. The fraction of sp³-hybridized carbons (Fsp3) is 0.190. The monoisotopic (exact) mass is 415 g/mol. The van der Waals surface area contributed by atoms with E-state index in [1.165, 1.54) is 0 Å². The van der Waals surface area contributed by atoms with Gasteiger partial charge in [0.05, 0.1) is 5.69 Å². The number of benzene rings is 2. The van der Waals surface area contributed by atoms with Crippen LogP contribution in [-0.4, -0.2) is 22.0 Å². The first-order valence-corrected chi connectivity index (χ1v) is 8.98. The molecule has 0 saturated heterocycles. The Morgan fingerprint density at radius 1 is 1.13 bits per heavy atom. The summed E-state index contributed by atoms with van der Waals surface area (Å²) in [7, 11) is 0. The minimum absolute atomic E-state index is 0.170. The predicted molar refractivity (Wildman–Crippen MR) is 102 cm³/mol. The molecular formula is C21H16F3N3O3. The summed E-state index contributed by atoms with van der Waals surface area (Å²) in [6.07, 6.45) is -4.45. The van der Waals surface area contributed by atoms with Crippen molar-refractivity contribution in [1.82, 2.24) is 9.97 Å². The Morgan fingerprint density at radius 3 is 2.67 bits per heavy atom. The average molecular weight is 415 g/mol. The van der Waals surface area contributed by atoms with E-state index < -0.39 is 23.9 Å². The van der Waals surface area contributed by atoms with Crippen molar-refractivity contribution >= 4 is 5.91 Å². The topological polar surface area (TPSA) is 87.3 Å². The normalized spacial score (nSPS) is 13.6. The largest absolute Gasteiger partial charge is 0.488 e. The van der Waals surface area contributed by atoms with Crippen LogP contribution in [0.25, 0.3) is 22.4 Å². The van der Waals surface area contributed by atoms with E-state index in [2.05, 4.69) is 9.97 Å². The van der Waals surface area contributed by atoms with Gasteiger partial charge in [0, 0.05) is 17.2 Å². The Morgan fingerprint density at radius 2 is 1.93 bits per heavy atom. The van der Waals surface area contributed by atoms with Gasteiger partial charge in [-0.3, -0.25) is 4.79 Å². The first kappa shape index (κ1) is 19.7. The lowest BCUT2D eigenvalue weighted by molar-refractivity contribution is -0.141. The number of nitrogens with two attached hydrogens (primary N) is 1. The lowest BCUT2D eigenvalue weighted by Crippen LogP contribution is -2.30. The number of amides is 1. The van der Waals surface area contributed by atoms with E-state index in [0.717, 1.165) is 29.1 Å². The number of fused-ring (bicyclic) bond motifs is 3. The quantitative estimate of drug-likeness (QED) is 0.697. The second-order valence-electron chi connectivity index (χ2n) is 6.77. The van der Waals surface area contributed by atoms with Crippen molar-refractivity contribution in [3.63, 3.8) is 0 Å². The minimum Gasteiger partial charge on any atom is -0.488 e. The zero-order valence-corrected chi connectivity index (χ0v) is 15.7. The summed E-state index contributed by atoms with van der Waals surface area (Å²) in [5.41, 5.74) is 7.36.